The molecule has 1 aromatic carbocycles. The van der Waals surface area contributed by atoms with E-state index in [4.69, 9.17) is 5.26 Å². The first-order valence-electron chi connectivity index (χ1n) is 4.11. The van der Waals surface area contributed by atoms with Crippen LogP contribution in [0.25, 0.3) is 0 Å². The lowest BCUT2D eigenvalue weighted by atomic mass is 10.1. The summed E-state index contributed by atoms with van der Waals surface area (Å²) in [6, 6.07) is 3.87. The molecule has 0 radical (unpaired) electrons. The van der Waals surface area contributed by atoms with Gasteiger partial charge >= 0.3 is 5.97 Å². The molecule has 0 spiro atoms. The molecule has 84 valence electrons. The zero-order valence-corrected chi connectivity index (χ0v) is 10.3. The average molecular weight is 337 g/mol. The highest BCUT2D eigenvalue weighted by Crippen LogP contribution is 2.26. The Morgan fingerprint density at radius 1 is 1.56 bits per heavy atom. The molecule has 0 aliphatic heterocycles. The van der Waals surface area contributed by atoms with Crippen molar-refractivity contribution in [3.05, 3.63) is 32.4 Å². The first-order chi connectivity index (χ1) is 7.51. The number of hydrogen-bond donors (Lipinski definition) is 0. The highest BCUT2D eigenvalue weighted by Gasteiger charge is 2.18. The molecule has 0 N–H and O–H groups in total. The Morgan fingerprint density at radius 3 is 2.62 bits per heavy atom. The number of nitrogens with zero attached hydrogens (tertiary/aromatic N) is 1. The topological polar surface area (TPSA) is 50.1 Å². The zero-order chi connectivity index (χ0) is 12.3. The molecule has 16 heavy (non-hydrogen) atoms. The first kappa shape index (κ1) is 12.8. The smallest absolute Gasteiger partial charge is 0.338 e. The minimum atomic E-state index is -2.73. The van der Waals surface area contributed by atoms with E-state index in [1.807, 2.05) is 0 Å². The van der Waals surface area contributed by atoms with E-state index in [9.17, 15) is 13.6 Å². The summed E-state index contributed by atoms with van der Waals surface area (Å²) in [4.78, 5) is 11.3. The predicted octanol–water partition coefficient (Wildman–Crippen LogP) is 2.89. The van der Waals surface area contributed by atoms with Gasteiger partial charge in [-0.1, -0.05) is 0 Å². The maximum Gasteiger partial charge on any atom is 0.338 e. The summed E-state index contributed by atoms with van der Waals surface area (Å²) >= 11 is 1.75. The van der Waals surface area contributed by atoms with Crippen LogP contribution in [0.3, 0.4) is 0 Å². The van der Waals surface area contributed by atoms with E-state index in [1.54, 1.807) is 28.7 Å². The zero-order valence-electron chi connectivity index (χ0n) is 8.13. The Balaban J connectivity index is 3.43. The summed E-state index contributed by atoms with van der Waals surface area (Å²) in [7, 11) is 1.15. The number of carbonyl (C=O) groups excluding carboxylic acids is 1. The molecular weight excluding hydrogens is 331 g/mol. The molecular formula is C10H6F2INO2. The molecule has 0 aromatic heterocycles. The van der Waals surface area contributed by atoms with Crippen LogP contribution in [0.5, 0.6) is 0 Å². The van der Waals surface area contributed by atoms with Gasteiger partial charge in [-0.15, -0.1) is 0 Å². The second-order valence-corrected chi connectivity index (χ2v) is 3.91. The molecule has 6 heteroatoms. The molecule has 0 unspecified atom stereocenters. The molecule has 0 aliphatic rings. The fraction of sp³-hybridized carbons (Fsp3) is 0.200. The minimum absolute atomic E-state index is 0.0162. The monoisotopic (exact) mass is 337 g/mol. The predicted molar refractivity (Wildman–Crippen MR) is 60.2 cm³/mol. The SMILES string of the molecule is COC(=O)c1cc(C(F)F)cc(C#N)c1I. The van der Waals surface area contributed by atoms with Crippen LogP contribution in [-0.2, 0) is 4.74 Å². The molecule has 0 bridgehead atoms. The lowest BCUT2D eigenvalue weighted by molar-refractivity contribution is 0.0599. The van der Waals surface area contributed by atoms with Crippen LogP contribution >= 0.6 is 22.6 Å². The van der Waals surface area contributed by atoms with Crippen molar-refractivity contribution in [2.75, 3.05) is 7.11 Å². The van der Waals surface area contributed by atoms with E-state index in [0.29, 0.717) is 3.57 Å². The normalized spacial score (nSPS) is 10.0. The molecule has 3 nitrogen and oxygen atoms in total. The Hall–Kier alpha value is -1.23. The summed E-state index contributed by atoms with van der Waals surface area (Å²) in [6.45, 7) is 0. The van der Waals surface area contributed by atoms with Gasteiger partial charge in [-0.25, -0.2) is 13.6 Å². The third kappa shape index (κ3) is 2.47. The number of carbonyl (C=O) groups is 1. The van der Waals surface area contributed by atoms with Crippen molar-refractivity contribution >= 4 is 28.6 Å². The largest absolute Gasteiger partial charge is 0.465 e. The molecule has 0 amide bonds. The minimum Gasteiger partial charge on any atom is -0.465 e. The average Bonchev–Trinajstić information content (AvgIpc) is 2.28. The first-order valence-corrected chi connectivity index (χ1v) is 5.19. The van der Waals surface area contributed by atoms with Gasteiger partial charge in [0.05, 0.1) is 18.2 Å². The van der Waals surface area contributed by atoms with E-state index in [0.717, 1.165) is 19.2 Å². The molecule has 1 rings (SSSR count). The molecule has 0 heterocycles. The number of nitriles is 1. The van der Waals surface area contributed by atoms with Gasteiger partial charge in [-0.3, -0.25) is 0 Å². The lowest BCUT2D eigenvalue weighted by Crippen LogP contribution is -2.06. The van der Waals surface area contributed by atoms with Crippen LogP contribution in [0.2, 0.25) is 0 Å². The van der Waals surface area contributed by atoms with Gasteiger partial charge in [0.2, 0.25) is 0 Å². The molecule has 0 atom stereocenters. The number of hydrogen-bond acceptors (Lipinski definition) is 3. The standard InChI is InChI=1S/C10H6F2INO2/c1-16-10(15)7-3-5(9(11)12)2-6(4-14)8(7)13/h2-3,9H,1H3. The summed E-state index contributed by atoms with van der Waals surface area (Å²) in [5.41, 5.74) is -0.339. The van der Waals surface area contributed by atoms with Crippen LogP contribution in [0.1, 0.15) is 27.9 Å². The highest BCUT2D eigenvalue weighted by atomic mass is 127. The third-order valence-corrected chi connectivity index (χ3v) is 3.03. The van der Waals surface area contributed by atoms with Gasteiger partial charge in [-0.05, 0) is 34.7 Å². The fourth-order valence-electron chi connectivity index (χ4n) is 1.11. The molecule has 0 aliphatic carbocycles. The van der Waals surface area contributed by atoms with Gasteiger partial charge in [0.25, 0.3) is 6.43 Å². The third-order valence-electron chi connectivity index (χ3n) is 1.87. The maximum absolute atomic E-state index is 12.5. The summed E-state index contributed by atoms with van der Waals surface area (Å²) in [5.74, 6) is -0.733. The number of benzene rings is 1. The van der Waals surface area contributed by atoms with Gasteiger partial charge in [0.15, 0.2) is 0 Å². The van der Waals surface area contributed by atoms with E-state index in [1.165, 1.54) is 0 Å². The molecule has 0 saturated heterocycles. The van der Waals surface area contributed by atoms with Gasteiger partial charge in [0.1, 0.15) is 6.07 Å². The Bertz CT molecular complexity index is 469. The van der Waals surface area contributed by atoms with E-state index in [-0.39, 0.29) is 16.7 Å². The Labute approximate surface area is 104 Å². The van der Waals surface area contributed by atoms with Gasteiger partial charge in [-0.2, -0.15) is 5.26 Å². The van der Waals surface area contributed by atoms with Crippen LogP contribution in [0.4, 0.5) is 8.78 Å². The summed E-state index contributed by atoms with van der Waals surface area (Å²) in [6.07, 6.45) is -2.73. The van der Waals surface area contributed by atoms with Crippen molar-refractivity contribution < 1.29 is 18.3 Å². The quantitative estimate of drug-likeness (QED) is 0.616. The van der Waals surface area contributed by atoms with E-state index in [2.05, 4.69) is 4.74 Å². The molecule has 0 saturated carbocycles. The Morgan fingerprint density at radius 2 is 2.19 bits per heavy atom. The van der Waals surface area contributed by atoms with Crippen LogP contribution in [-0.4, -0.2) is 13.1 Å². The number of methoxy groups -OCH3 is 1. The second kappa shape index (κ2) is 5.21. The fourth-order valence-corrected chi connectivity index (χ4v) is 1.76. The van der Waals surface area contributed by atoms with Gasteiger partial charge < -0.3 is 4.74 Å². The number of alkyl halides is 2. The van der Waals surface area contributed by atoms with E-state index < -0.39 is 12.4 Å². The number of ether oxygens (including phenoxy) is 1. The van der Waals surface area contributed by atoms with Gasteiger partial charge in [0, 0.05) is 9.13 Å². The second-order valence-electron chi connectivity index (χ2n) is 2.83. The number of halogens is 3. The molecule has 1 aromatic rings. The van der Waals surface area contributed by atoms with E-state index >= 15 is 0 Å². The van der Waals surface area contributed by atoms with Crippen molar-refractivity contribution in [2.24, 2.45) is 0 Å². The van der Waals surface area contributed by atoms with Crippen molar-refractivity contribution in [2.45, 2.75) is 6.43 Å². The highest BCUT2D eigenvalue weighted by molar-refractivity contribution is 14.1. The van der Waals surface area contributed by atoms with Crippen molar-refractivity contribution in [1.82, 2.24) is 0 Å². The molecule has 0 fully saturated rings. The van der Waals surface area contributed by atoms with Crippen molar-refractivity contribution in [1.29, 1.82) is 5.26 Å². The van der Waals surface area contributed by atoms with Crippen LogP contribution in [0, 0.1) is 14.9 Å². The maximum atomic E-state index is 12.5. The number of esters is 1. The van der Waals surface area contributed by atoms with Crippen molar-refractivity contribution in [3.63, 3.8) is 0 Å². The summed E-state index contributed by atoms with van der Waals surface area (Å²) in [5, 5.41) is 8.75. The van der Waals surface area contributed by atoms with Crippen LogP contribution in [0.15, 0.2) is 12.1 Å². The van der Waals surface area contributed by atoms with Crippen LogP contribution < -0.4 is 0 Å². The lowest BCUT2D eigenvalue weighted by Gasteiger charge is -2.07. The summed E-state index contributed by atoms with van der Waals surface area (Å²) < 4.78 is 29.8. The Kier molecular flexibility index (Phi) is 4.18. The number of rotatable bonds is 2. The van der Waals surface area contributed by atoms with Crippen molar-refractivity contribution in [3.8, 4) is 6.07 Å².